The van der Waals surface area contributed by atoms with Gasteiger partial charge in [0.1, 0.15) is 11.7 Å². The lowest BCUT2D eigenvalue weighted by atomic mass is 10.2. The van der Waals surface area contributed by atoms with Crippen LogP contribution < -0.4 is 5.32 Å². The Labute approximate surface area is 120 Å². The van der Waals surface area contributed by atoms with Crippen molar-refractivity contribution in [2.75, 3.05) is 6.54 Å². The number of aromatic nitrogens is 5. The maximum absolute atomic E-state index is 11.9. The van der Waals surface area contributed by atoms with Gasteiger partial charge in [0.05, 0.1) is 6.20 Å². The highest BCUT2D eigenvalue weighted by Gasteiger charge is 2.26. The third-order valence-electron chi connectivity index (χ3n) is 2.97. The van der Waals surface area contributed by atoms with Crippen LogP contribution in [-0.4, -0.2) is 48.3 Å². The van der Waals surface area contributed by atoms with Gasteiger partial charge in [-0.25, -0.2) is 9.48 Å². The summed E-state index contributed by atoms with van der Waals surface area (Å²) in [4.78, 5) is 23.2. The van der Waals surface area contributed by atoms with Gasteiger partial charge in [-0.2, -0.15) is 5.10 Å². The third kappa shape index (κ3) is 2.76. The molecule has 2 heterocycles. The van der Waals surface area contributed by atoms with Crippen molar-refractivity contribution in [2.24, 2.45) is 7.05 Å². The lowest BCUT2D eigenvalue weighted by Gasteiger charge is -2.13. The molecular weight excluding hydrogens is 276 g/mol. The smallest absolute Gasteiger partial charge is 0.358 e. The molecule has 0 aliphatic heterocycles. The van der Waals surface area contributed by atoms with E-state index in [4.69, 9.17) is 0 Å². The van der Waals surface area contributed by atoms with E-state index in [2.05, 4.69) is 20.7 Å². The highest BCUT2D eigenvalue weighted by atomic mass is 16.4. The van der Waals surface area contributed by atoms with Crippen molar-refractivity contribution in [3.63, 3.8) is 0 Å². The summed E-state index contributed by atoms with van der Waals surface area (Å²) in [5, 5.41) is 23.4. The average molecular weight is 292 g/mol. The van der Waals surface area contributed by atoms with E-state index in [1.165, 1.54) is 15.6 Å². The normalized spacial score (nSPS) is 12.1. The number of hydrogen-bond donors (Lipinski definition) is 2. The second-order valence-corrected chi connectivity index (χ2v) is 4.51. The molecule has 2 aromatic heterocycles. The van der Waals surface area contributed by atoms with E-state index in [-0.39, 0.29) is 17.3 Å². The van der Waals surface area contributed by atoms with Crippen molar-refractivity contribution in [3.8, 4) is 11.3 Å². The molecule has 0 aromatic carbocycles. The minimum atomic E-state index is -1.21. The molecule has 0 fully saturated rings. The molecular formula is C12H16N6O3. The predicted octanol–water partition coefficient (Wildman–Crippen LogP) is 0.0739. The summed E-state index contributed by atoms with van der Waals surface area (Å²) in [5.74, 6) is -1.47. The molecule has 0 aliphatic rings. The summed E-state index contributed by atoms with van der Waals surface area (Å²) < 4.78 is 2.83. The maximum Gasteiger partial charge on any atom is 0.358 e. The molecule has 0 spiro atoms. The molecule has 0 radical (unpaired) electrons. The summed E-state index contributed by atoms with van der Waals surface area (Å²) in [6.45, 7) is 3.91. The van der Waals surface area contributed by atoms with Crippen molar-refractivity contribution in [1.82, 2.24) is 30.1 Å². The van der Waals surface area contributed by atoms with Gasteiger partial charge < -0.3 is 10.4 Å². The lowest BCUT2D eigenvalue weighted by molar-refractivity contribution is -0.124. The zero-order valence-electron chi connectivity index (χ0n) is 11.9. The summed E-state index contributed by atoms with van der Waals surface area (Å²) in [6, 6.07) is -0.680. The molecule has 0 aliphatic carbocycles. The van der Waals surface area contributed by atoms with Gasteiger partial charge in [-0.15, -0.1) is 5.10 Å². The molecule has 0 bridgehead atoms. The first-order valence-corrected chi connectivity index (χ1v) is 6.40. The first-order valence-electron chi connectivity index (χ1n) is 6.40. The van der Waals surface area contributed by atoms with Gasteiger partial charge in [0.15, 0.2) is 5.69 Å². The molecule has 0 saturated carbocycles. The van der Waals surface area contributed by atoms with Gasteiger partial charge >= 0.3 is 5.97 Å². The van der Waals surface area contributed by atoms with E-state index in [9.17, 15) is 14.7 Å². The fourth-order valence-electron chi connectivity index (χ4n) is 1.95. The van der Waals surface area contributed by atoms with Crippen LogP contribution in [0.25, 0.3) is 11.3 Å². The van der Waals surface area contributed by atoms with Crippen molar-refractivity contribution in [2.45, 2.75) is 19.9 Å². The largest absolute Gasteiger partial charge is 0.476 e. The minimum absolute atomic E-state index is 0.209. The van der Waals surface area contributed by atoms with E-state index >= 15 is 0 Å². The van der Waals surface area contributed by atoms with Gasteiger partial charge in [-0.05, 0) is 13.8 Å². The van der Waals surface area contributed by atoms with Crippen LogP contribution in [0.15, 0.2) is 12.4 Å². The summed E-state index contributed by atoms with van der Waals surface area (Å²) >= 11 is 0. The van der Waals surface area contributed by atoms with E-state index in [1.807, 2.05) is 0 Å². The number of aromatic carboxylic acids is 1. The highest BCUT2D eigenvalue weighted by molar-refractivity contribution is 5.93. The van der Waals surface area contributed by atoms with E-state index < -0.39 is 12.0 Å². The molecule has 0 saturated heterocycles. The Bertz CT molecular complexity index is 674. The Kier molecular flexibility index (Phi) is 4.01. The number of aryl methyl sites for hydroxylation is 1. The highest BCUT2D eigenvalue weighted by Crippen LogP contribution is 2.24. The van der Waals surface area contributed by atoms with Gasteiger partial charge in [0.2, 0.25) is 5.91 Å². The second-order valence-electron chi connectivity index (χ2n) is 4.51. The third-order valence-corrected chi connectivity index (χ3v) is 2.97. The fourth-order valence-corrected chi connectivity index (χ4v) is 1.95. The first-order chi connectivity index (χ1) is 9.95. The topological polar surface area (TPSA) is 115 Å². The number of nitrogens with one attached hydrogen (secondary N) is 1. The SMILES string of the molecule is CCNC(=O)C(C)n1nnc(C(=O)O)c1-c1cnn(C)c1. The maximum atomic E-state index is 11.9. The molecule has 2 rings (SSSR count). The molecule has 2 N–H and O–H groups in total. The monoisotopic (exact) mass is 292 g/mol. The molecule has 1 unspecified atom stereocenters. The van der Waals surface area contributed by atoms with Crippen LogP contribution in [0.1, 0.15) is 30.4 Å². The summed E-state index contributed by atoms with van der Waals surface area (Å²) in [6.07, 6.45) is 3.15. The fraction of sp³-hybridized carbons (Fsp3) is 0.417. The molecule has 9 heteroatoms. The Hall–Kier alpha value is -2.71. The number of hydrogen-bond acceptors (Lipinski definition) is 5. The van der Waals surface area contributed by atoms with Crippen molar-refractivity contribution in [3.05, 3.63) is 18.1 Å². The number of likely N-dealkylation sites (N-methyl/N-ethyl adjacent to an activating group) is 1. The number of rotatable bonds is 5. The zero-order chi connectivity index (χ0) is 15.6. The van der Waals surface area contributed by atoms with Crippen LogP contribution in [-0.2, 0) is 11.8 Å². The van der Waals surface area contributed by atoms with E-state index in [0.29, 0.717) is 12.1 Å². The number of amides is 1. The van der Waals surface area contributed by atoms with Gasteiger partial charge in [-0.3, -0.25) is 9.48 Å². The Morgan fingerprint density at radius 1 is 1.48 bits per heavy atom. The Morgan fingerprint density at radius 3 is 2.71 bits per heavy atom. The quantitative estimate of drug-likeness (QED) is 0.806. The van der Waals surface area contributed by atoms with Gasteiger partial charge in [0.25, 0.3) is 0 Å². The van der Waals surface area contributed by atoms with Crippen LogP contribution in [0.2, 0.25) is 0 Å². The lowest BCUT2D eigenvalue weighted by Crippen LogP contribution is -2.31. The van der Waals surface area contributed by atoms with Crippen LogP contribution in [0.5, 0.6) is 0 Å². The Balaban J connectivity index is 2.52. The number of nitrogens with zero attached hydrogens (tertiary/aromatic N) is 5. The predicted molar refractivity (Wildman–Crippen MR) is 72.6 cm³/mol. The number of carbonyl (C=O) groups is 2. The van der Waals surface area contributed by atoms with Crippen LogP contribution in [0.3, 0.4) is 0 Å². The molecule has 2 aromatic rings. The van der Waals surface area contributed by atoms with Crippen molar-refractivity contribution >= 4 is 11.9 Å². The van der Waals surface area contributed by atoms with Gasteiger partial charge in [-0.1, -0.05) is 5.21 Å². The summed E-state index contributed by atoms with van der Waals surface area (Å²) in [5.41, 5.74) is 0.588. The average Bonchev–Trinajstić information content (AvgIpc) is 3.03. The standard InChI is InChI=1S/C12H16N6O3/c1-4-13-11(19)7(2)18-10(8-5-14-17(3)6-8)9(12(20)21)15-16-18/h5-7H,4H2,1-3H3,(H,13,19)(H,20,21). The number of carboxylic acid groups (broad SMARTS) is 1. The minimum Gasteiger partial charge on any atom is -0.476 e. The zero-order valence-corrected chi connectivity index (χ0v) is 11.9. The Morgan fingerprint density at radius 2 is 2.19 bits per heavy atom. The first kappa shape index (κ1) is 14.7. The molecule has 1 atom stereocenters. The van der Waals surface area contributed by atoms with Crippen molar-refractivity contribution < 1.29 is 14.7 Å². The van der Waals surface area contributed by atoms with Crippen LogP contribution in [0, 0.1) is 0 Å². The summed E-state index contributed by atoms with van der Waals surface area (Å²) in [7, 11) is 1.71. The van der Waals surface area contributed by atoms with E-state index in [0.717, 1.165) is 0 Å². The molecule has 112 valence electrons. The number of carbonyl (C=O) groups excluding carboxylic acids is 1. The molecule has 1 amide bonds. The molecule has 21 heavy (non-hydrogen) atoms. The van der Waals surface area contributed by atoms with Crippen molar-refractivity contribution in [1.29, 1.82) is 0 Å². The molecule has 9 nitrogen and oxygen atoms in total. The van der Waals surface area contributed by atoms with Crippen LogP contribution >= 0.6 is 0 Å². The number of carboxylic acids is 1. The van der Waals surface area contributed by atoms with Gasteiger partial charge in [0, 0.05) is 25.4 Å². The second kappa shape index (κ2) is 5.73. The van der Waals surface area contributed by atoms with Crippen LogP contribution in [0.4, 0.5) is 0 Å². The van der Waals surface area contributed by atoms with E-state index in [1.54, 1.807) is 27.1 Å².